The molecule has 3 heterocycles. The minimum Gasteiger partial charge on any atom is -0.495 e. The molecule has 0 radical (unpaired) electrons. The van der Waals surface area contributed by atoms with Crippen LogP contribution in [0.2, 0.25) is 0 Å². The summed E-state index contributed by atoms with van der Waals surface area (Å²) in [6.45, 7) is 5.46. The number of fused-ring (bicyclic) bond motifs is 3. The number of nitrogens with zero attached hydrogens (tertiary/aromatic N) is 3. The Hall–Kier alpha value is -2.75. The van der Waals surface area contributed by atoms with Crippen molar-refractivity contribution in [3.05, 3.63) is 34.5 Å². The van der Waals surface area contributed by atoms with Crippen LogP contribution in [0.4, 0.5) is 17.2 Å². The first-order chi connectivity index (χ1) is 16.1. The van der Waals surface area contributed by atoms with Crippen LogP contribution in [0.25, 0.3) is 10.2 Å². The van der Waals surface area contributed by atoms with Gasteiger partial charge in [0, 0.05) is 30.6 Å². The van der Waals surface area contributed by atoms with E-state index in [1.807, 2.05) is 18.2 Å². The molecule has 33 heavy (non-hydrogen) atoms. The first-order valence-electron chi connectivity index (χ1n) is 11.4. The molecule has 0 saturated carbocycles. The number of hydrogen-bond donors (Lipinski definition) is 2. The molecule has 1 aliphatic heterocycles. The molecule has 0 bridgehead atoms. The van der Waals surface area contributed by atoms with Crippen molar-refractivity contribution in [1.82, 2.24) is 14.9 Å². The van der Waals surface area contributed by atoms with E-state index < -0.39 is 0 Å². The van der Waals surface area contributed by atoms with Gasteiger partial charge < -0.3 is 20.1 Å². The van der Waals surface area contributed by atoms with Gasteiger partial charge in [0.2, 0.25) is 5.91 Å². The highest BCUT2D eigenvalue weighted by Gasteiger charge is 2.23. The standard InChI is InChI=1S/C24H29N5O3S/c1-15(30)25-16-7-8-19(31-2)18(13-16)26-23-22-17-5-3-4-6-20(17)33-24(22)28-21(27-23)14-29-9-11-32-12-10-29/h7-8,13H,3-6,9-12,14H2,1-2H3,(H,25,30)(H,26,27,28). The third kappa shape index (κ3) is 4.80. The second-order valence-corrected chi connectivity index (χ2v) is 9.57. The summed E-state index contributed by atoms with van der Waals surface area (Å²) in [7, 11) is 1.64. The number of methoxy groups -OCH3 is 1. The predicted octanol–water partition coefficient (Wildman–Crippen LogP) is 4.11. The van der Waals surface area contributed by atoms with Gasteiger partial charge in [0.25, 0.3) is 0 Å². The van der Waals surface area contributed by atoms with Crippen molar-refractivity contribution in [2.75, 3.05) is 44.0 Å². The smallest absolute Gasteiger partial charge is 0.221 e. The number of benzene rings is 1. The van der Waals surface area contributed by atoms with E-state index in [0.29, 0.717) is 18.0 Å². The molecule has 0 unspecified atom stereocenters. The molecule has 1 saturated heterocycles. The van der Waals surface area contributed by atoms with E-state index in [9.17, 15) is 4.79 Å². The molecule has 1 amide bonds. The van der Waals surface area contributed by atoms with Crippen LogP contribution in [-0.4, -0.2) is 54.2 Å². The number of anilines is 3. The van der Waals surface area contributed by atoms with Crippen LogP contribution >= 0.6 is 11.3 Å². The summed E-state index contributed by atoms with van der Waals surface area (Å²) < 4.78 is 11.1. The molecule has 3 aromatic rings. The van der Waals surface area contributed by atoms with Crippen LogP contribution in [0.15, 0.2) is 18.2 Å². The lowest BCUT2D eigenvalue weighted by Gasteiger charge is -2.26. The Morgan fingerprint density at radius 3 is 2.82 bits per heavy atom. The number of morpholine rings is 1. The average Bonchev–Trinajstić information content (AvgIpc) is 3.18. The maximum atomic E-state index is 11.6. The van der Waals surface area contributed by atoms with Crippen molar-refractivity contribution in [2.45, 2.75) is 39.2 Å². The summed E-state index contributed by atoms with van der Waals surface area (Å²) in [5.74, 6) is 2.19. The molecule has 1 aromatic carbocycles. The predicted molar refractivity (Wildman–Crippen MR) is 131 cm³/mol. The van der Waals surface area contributed by atoms with Gasteiger partial charge in [0.05, 0.1) is 37.9 Å². The normalized spacial score (nSPS) is 16.4. The number of aryl methyl sites for hydroxylation is 2. The monoisotopic (exact) mass is 467 g/mol. The third-order valence-corrected chi connectivity index (χ3v) is 7.29. The summed E-state index contributed by atoms with van der Waals surface area (Å²) in [5, 5.41) is 7.49. The number of carbonyl (C=O) groups is 1. The van der Waals surface area contributed by atoms with Gasteiger partial charge in [-0.15, -0.1) is 11.3 Å². The van der Waals surface area contributed by atoms with Gasteiger partial charge >= 0.3 is 0 Å². The van der Waals surface area contributed by atoms with E-state index in [1.165, 1.54) is 30.2 Å². The summed E-state index contributed by atoms with van der Waals surface area (Å²) in [5.41, 5.74) is 2.84. The highest BCUT2D eigenvalue weighted by atomic mass is 32.1. The number of aromatic nitrogens is 2. The fourth-order valence-electron chi connectivity index (χ4n) is 4.54. The number of carbonyl (C=O) groups excluding carboxylic acids is 1. The zero-order chi connectivity index (χ0) is 22.8. The Morgan fingerprint density at radius 2 is 2.03 bits per heavy atom. The second-order valence-electron chi connectivity index (χ2n) is 8.49. The fourth-order valence-corrected chi connectivity index (χ4v) is 5.82. The molecule has 1 aliphatic carbocycles. The molecule has 1 fully saturated rings. The van der Waals surface area contributed by atoms with Crippen LogP contribution < -0.4 is 15.4 Å². The van der Waals surface area contributed by atoms with Crippen LogP contribution in [0.5, 0.6) is 5.75 Å². The number of rotatable bonds is 6. The molecule has 2 N–H and O–H groups in total. The van der Waals surface area contributed by atoms with Crippen LogP contribution in [0.3, 0.4) is 0 Å². The molecule has 8 nitrogen and oxygen atoms in total. The number of amides is 1. The first kappa shape index (κ1) is 22.1. The summed E-state index contributed by atoms with van der Waals surface area (Å²) >= 11 is 1.80. The van der Waals surface area contributed by atoms with E-state index >= 15 is 0 Å². The van der Waals surface area contributed by atoms with Crippen molar-refractivity contribution in [1.29, 1.82) is 0 Å². The molecule has 2 aliphatic rings. The number of nitrogens with one attached hydrogen (secondary N) is 2. The second kappa shape index (κ2) is 9.62. The van der Waals surface area contributed by atoms with Gasteiger partial charge in [-0.25, -0.2) is 9.97 Å². The molecule has 0 atom stereocenters. The fraction of sp³-hybridized carbons (Fsp3) is 0.458. The van der Waals surface area contributed by atoms with Gasteiger partial charge in [0.1, 0.15) is 22.2 Å². The van der Waals surface area contributed by atoms with Crippen molar-refractivity contribution < 1.29 is 14.3 Å². The zero-order valence-corrected chi connectivity index (χ0v) is 19.9. The lowest BCUT2D eigenvalue weighted by Crippen LogP contribution is -2.36. The highest BCUT2D eigenvalue weighted by Crippen LogP contribution is 2.40. The maximum Gasteiger partial charge on any atom is 0.221 e. The zero-order valence-electron chi connectivity index (χ0n) is 19.1. The molecule has 0 spiro atoms. The summed E-state index contributed by atoms with van der Waals surface area (Å²) in [6.07, 6.45) is 4.58. The molecule has 5 rings (SSSR count). The Bertz CT molecular complexity index is 1170. The van der Waals surface area contributed by atoms with Gasteiger partial charge in [0.15, 0.2) is 0 Å². The topological polar surface area (TPSA) is 88.6 Å². The van der Waals surface area contributed by atoms with Gasteiger partial charge in [-0.3, -0.25) is 9.69 Å². The molecular formula is C24H29N5O3S. The lowest BCUT2D eigenvalue weighted by molar-refractivity contribution is -0.114. The van der Waals surface area contributed by atoms with E-state index in [2.05, 4.69) is 15.5 Å². The molecular weight excluding hydrogens is 438 g/mol. The van der Waals surface area contributed by atoms with Crippen molar-refractivity contribution in [3.8, 4) is 5.75 Å². The Morgan fingerprint density at radius 1 is 1.21 bits per heavy atom. The minimum atomic E-state index is -0.116. The van der Waals surface area contributed by atoms with Crippen molar-refractivity contribution in [3.63, 3.8) is 0 Å². The Kier molecular flexibility index (Phi) is 6.43. The van der Waals surface area contributed by atoms with Crippen LogP contribution in [0.1, 0.15) is 36.0 Å². The van der Waals surface area contributed by atoms with Crippen LogP contribution in [-0.2, 0) is 28.9 Å². The van der Waals surface area contributed by atoms with E-state index in [0.717, 1.165) is 66.7 Å². The van der Waals surface area contributed by atoms with Crippen molar-refractivity contribution in [2.24, 2.45) is 0 Å². The van der Waals surface area contributed by atoms with Gasteiger partial charge in [-0.2, -0.15) is 0 Å². The number of hydrogen-bond acceptors (Lipinski definition) is 8. The van der Waals surface area contributed by atoms with E-state index in [-0.39, 0.29) is 5.91 Å². The Balaban J connectivity index is 1.56. The summed E-state index contributed by atoms with van der Waals surface area (Å²) in [6, 6.07) is 5.57. The maximum absolute atomic E-state index is 11.6. The third-order valence-electron chi connectivity index (χ3n) is 6.10. The number of thiophene rings is 1. The minimum absolute atomic E-state index is 0.116. The SMILES string of the molecule is COc1ccc(NC(C)=O)cc1Nc1nc(CN2CCOCC2)nc2sc3c(c12)CCCC3. The molecule has 2 aromatic heterocycles. The quantitative estimate of drug-likeness (QED) is 0.564. The van der Waals surface area contributed by atoms with E-state index in [4.69, 9.17) is 19.4 Å². The highest BCUT2D eigenvalue weighted by molar-refractivity contribution is 7.19. The number of ether oxygens (including phenoxy) is 2. The van der Waals surface area contributed by atoms with Gasteiger partial charge in [-0.1, -0.05) is 0 Å². The average molecular weight is 468 g/mol. The first-order valence-corrected chi connectivity index (χ1v) is 12.3. The largest absolute Gasteiger partial charge is 0.495 e. The van der Waals surface area contributed by atoms with E-state index in [1.54, 1.807) is 18.4 Å². The van der Waals surface area contributed by atoms with Crippen LogP contribution in [0, 0.1) is 0 Å². The Labute approximate surface area is 197 Å². The van der Waals surface area contributed by atoms with Gasteiger partial charge in [-0.05, 0) is 49.4 Å². The summed E-state index contributed by atoms with van der Waals surface area (Å²) in [4.78, 5) is 26.3. The molecule has 174 valence electrons. The lowest BCUT2D eigenvalue weighted by atomic mass is 9.97. The van der Waals surface area contributed by atoms with Crippen molar-refractivity contribution >= 4 is 44.7 Å². The molecule has 9 heteroatoms.